The zero-order chi connectivity index (χ0) is 21.7. The van der Waals surface area contributed by atoms with Gasteiger partial charge in [0, 0.05) is 12.6 Å². The summed E-state index contributed by atoms with van der Waals surface area (Å²) in [4.78, 5) is 31.3. The van der Waals surface area contributed by atoms with Crippen LogP contribution in [0.4, 0.5) is 0 Å². The van der Waals surface area contributed by atoms with Crippen LogP contribution in [0.2, 0.25) is 0 Å². The lowest BCUT2D eigenvalue weighted by Gasteiger charge is -2.13. The normalized spacial score (nSPS) is 13.9. The van der Waals surface area contributed by atoms with Crippen LogP contribution in [0, 0.1) is 6.92 Å². The van der Waals surface area contributed by atoms with Gasteiger partial charge in [-0.2, -0.15) is 0 Å². The first-order valence-corrected chi connectivity index (χ1v) is 10.8. The first-order valence-electron chi connectivity index (χ1n) is 10.8. The van der Waals surface area contributed by atoms with Gasteiger partial charge >= 0.3 is 5.69 Å². The summed E-state index contributed by atoms with van der Waals surface area (Å²) >= 11 is 0. The smallest absolute Gasteiger partial charge is 0.320 e. The van der Waals surface area contributed by atoms with E-state index in [0.717, 1.165) is 24.1 Å². The van der Waals surface area contributed by atoms with Gasteiger partial charge in [0.2, 0.25) is 0 Å². The molecule has 5 rings (SSSR count). The van der Waals surface area contributed by atoms with Crippen molar-refractivity contribution in [3.05, 3.63) is 92.4 Å². The van der Waals surface area contributed by atoms with Gasteiger partial charge in [-0.3, -0.25) is 9.36 Å². The van der Waals surface area contributed by atoms with Gasteiger partial charge in [0.15, 0.2) is 11.2 Å². The minimum atomic E-state index is -0.307. The van der Waals surface area contributed by atoms with Gasteiger partial charge < -0.3 is 4.57 Å². The molecule has 6 nitrogen and oxygen atoms in total. The number of fused-ring (bicyclic) bond motifs is 1. The Hall–Kier alpha value is -3.41. The lowest BCUT2D eigenvalue weighted by molar-refractivity contribution is 0.639. The first-order chi connectivity index (χ1) is 14.9. The molecule has 2 aromatic carbocycles. The molecule has 0 spiro atoms. The highest BCUT2D eigenvalue weighted by molar-refractivity contribution is 5.72. The maximum atomic E-state index is 13.4. The molecule has 1 aliphatic rings. The average Bonchev–Trinajstić information content (AvgIpc) is 3.49. The van der Waals surface area contributed by atoms with Crippen LogP contribution in [0.1, 0.15) is 55.3 Å². The molecule has 0 N–H and O–H groups in total. The number of aryl methyl sites for hydroxylation is 1. The molecule has 0 radical (unpaired) electrons. The number of hydrogen-bond donors (Lipinski definition) is 0. The lowest BCUT2D eigenvalue weighted by atomic mass is 10.0. The van der Waals surface area contributed by atoms with Crippen LogP contribution >= 0.6 is 0 Å². The number of benzene rings is 2. The number of imidazole rings is 1. The van der Waals surface area contributed by atoms with E-state index >= 15 is 0 Å². The fourth-order valence-corrected chi connectivity index (χ4v) is 4.18. The summed E-state index contributed by atoms with van der Waals surface area (Å²) in [5.41, 5.74) is 4.52. The summed E-state index contributed by atoms with van der Waals surface area (Å²) in [5.74, 6) is 0.403. The summed E-state index contributed by atoms with van der Waals surface area (Å²) in [6, 6.07) is 16.1. The highest BCUT2D eigenvalue weighted by atomic mass is 16.2. The molecule has 2 heterocycles. The predicted molar refractivity (Wildman–Crippen MR) is 122 cm³/mol. The Bertz CT molecular complexity index is 1390. The molecule has 1 aliphatic carbocycles. The maximum absolute atomic E-state index is 13.4. The zero-order valence-electron chi connectivity index (χ0n) is 18.1. The fourth-order valence-electron chi connectivity index (χ4n) is 4.18. The molecule has 158 valence electrons. The van der Waals surface area contributed by atoms with Crippen molar-refractivity contribution in [2.75, 3.05) is 0 Å². The molecule has 0 bridgehead atoms. The van der Waals surface area contributed by atoms with Gasteiger partial charge in [-0.25, -0.2) is 14.3 Å². The summed E-state index contributed by atoms with van der Waals surface area (Å²) in [6.07, 6.45) is 3.39. The third-order valence-electron chi connectivity index (χ3n) is 6.01. The third-order valence-corrected chi connectivity index (χ3v) is 6.01. The van der Waals surface area contributed by atoms with Crippen LogP contribution in [0.3, 0.4) is 0 Å². The van der Waals surface area contributed by atoms with Gasteiger partial charge in [0.25, 0.3) is 5.56 Å². The maximum Gasteiger partial charge on any atom is 0.337 e. The largest absolute Gasteiger partial charge is 0.337 e. The molecule has 0 saturated heterocycles. The van der Waals surface area contributed by atoms with E-state index < -0.39 is 0 Å². The van der Waals surface area contributed by atoms with Crippen LogP contribution in [-0.4, -0.2) is 18.7 Å². The summed E-state index contributed by atoms with van der Waals surface area (Å²) in [5, 5.41) is 0. The van der Waals surface area contributed by atoms with Gasteiger partial charge in [0.05, 0.1) is 12.0 Å². The van der Waals surface area contributed by atoms with Crippen molar-refractivity contribution < 1.29 is 0 Å². The van der Waals surface area contributed by atoms with Crippen molar-refractivity contribution in [1.29, 1.82) is 0 Å². The van der Waals surface area contributed by atoms with Crippen LogP contribution in [0.5, 0.6) is 0 Å². The number of nitrogens with zero attached hydrogens (tertiary/aromatic N) is 4. The second-order valence-corrected chi connectivity index (χ2v) is 8.80. The number of aromatic nitrogens is 4. The molecular formula is C25H26N4O2. The Balaban J connectivity index is 1.73. The van der Waals surface area contributed by atoms with Gasteiger partial charge in [0.1, 0.15) is 0 Å². The molecule has 0 unspecified atom stereocenters. The first kappa shape index (κ1) is 19.5. The topological polar surface area (TPSA) is 61.8 Å². The Kier molecular flexibility index (Phi) is 4.65. The number of hydrogen-bond acceptors (Lipinski definition) is 3. The van der Waals surface area contributed by atoms with Crippen LogP contribution in [0.15, 0.2) is 64.4 Å². The van der Waals surface area contributed by atoms with Crippen LogP contribution in [0.25, 0.3) is 16.9 Å². The Morgan fingerprint density at radius 2 is 1.81 bits per heavy atom. The Morgan fingerprint density at radius 1 is 1.06 bits per heavy atom. The van der Waals surface area contributed by atoms with Crippen LogP contribution < -0.4 is 11.2 Å². The third kappa shape index (κ3) is 3.42. The van der Waals surface area contributed by atoms with Gasteiger partial charge in [-0.15, -0.1) is 0 Å². The predicted octanol–water partition coefficient (Wildman–Crippen LogP) is 4.16. The van der Waals surface area contributed by atoms with E-state index in [0.29, 0.717) is 23.6 Å². The molecule has 2 aromatic heterocycles. The van der Waals surface area contributed by atoms with Gasteiger partial charge in [-0.1, -0.05) is 55.8 Å². The molecule has 4 aromatic rings. The van der Waals surface area contributed by atoms with E-state index in [4.69, 9.17) is 0 Å². The Labute approximate surface area is 180 Å². The summed E-state index contributed by atoms with van der Waals surface area (Å²) < 4.78 is 4.88. The molecule has 6 heteroatoms. The second kappa shape index (κ2) is 7.38. The van der Waals surface area contributed by atoms with E-state index in [9.17, 15) is 9.59 Å². The standard InChI is InChI=1S/C25H26N4O2/c1-16(2)19-7-9-20(10-8-19)28-23-22(24(30)29(25(28)31)21-11-12-21)27(15-26-23)14-18-6-4-5-17(3)13-18/h4-10,13,15-16,21H,11-12,14H2,1-3H3. The minimum absolute atomic E-state index is 0.0205. The fraction of sp³-hybridized carbons (Fsp3) is 0.320. The van der Waals surface area contributed by atoms with Crippen molar-refractivity contribution in [3.8, 4) is 5.69 Å². The highest BCUT2D eigenvalue weighted by Crippen LogP contribution is 2.32. The van der Waals surface area contributed by atoms with Crippen molar-refractivity contribution in [2.24, 2.45) is 0 Å². The molecular weight excluding hydrogens is 388 g/mol. The molecule has 0 atom stereocenters. The highest BCUT2D eigenvalue weighted by Gasteiger charge is 2.30. The van der Waals surface area contributed by atoms with E-state index in [2.05, 4.69) is 24.9 Å². The number of rotatable bonds is 5. The molecule has 1 fully saturated rings. The van der Waals surface area contributed by atoms with Crippen molar-refractivity contribution in [1.82, 2.24) is 18.7 Å². The monoisotopic (exact) mass is 414 g/mol. The lowest BCUT2D eigenvalue weighted by Crippen LogP contribution is -2.39. The van der Waals surface area contributed by atoms with E-state index in [-0.39, 0.29) is 17.3 Å². The summed E-state index contributed by atoms with van der Waals surface area (Å²) in [7, 11) is 0. The van der Waals surface area contributed by atoms with Crippen molar-refractivity contribution in [3.63, 3.8) is 0 Å². The molecule has 31 heavy (non-hydrogen) atoms. The Morgan fingerprint density at radius 3 is 2.45 bits per heavy atom. The van der Waals surface area contributed by atoms with Crippen LogP contribution in [-0.2, 0) is 6.54 Å². The minimum Gasteiger partial charge on any atom is -0.320 e. The van der Waals surface area contributed by atoms with E-state index in [1.165, 1.54) is 15.7 Å². The summed E-state index contributed by atoms with van der Waals surface area (Å²) in [6.45, 7) is 6.86. The molecule has 0 amide bonds. The molecule has 1 saturated carbocycles. The zero-order valence-corrected chi connectivity index (χ0v) is 18.1. The van der Waals surface area contributed by atoms with Crippen molar-refractivity contribution in [2.45, 2.75) is 52.1 Å². The van der Waals surface area contributed by atoms with E-state index in [1.54, 1.807) is 10.9 Å². The quantitative estimate of drug-likeness (QED) is 0.493. The second-order valence-electron chi connectivity index (χ2n) is 8.80. The average molecular weight is 415 g/mol. The van der Waals surface area contributed by atoms with Gasteiger partial charge in [-0.05, 0) is 48.9 Å². The SMILES string of the molecule is Cc1cccc(Cn2cnc3c2c(=O)n(C2CC2)c(=O)n3-c2ccc(C(C)C)cc2)c1. The van der Waals surface area contributed by atoms with Crippen molar-refractivity contribution >= 4 is 11.2 Å². The van der Waals surface area contributed by atoms with E-state index in [1.807, 2.05) is 54.0 Å². The molecule has 0 aliphatic heterocycles.